The van der Waals surface area contributed by atoms with Gasteiger partial charge in [0.2, 0.25) is 5.82 Å². The number of pyridine rings is 1. The van der Waals surface area contributed by atoms with Crippen molar-refractivity contribution in [1.82, 2.24) is 4.98 Å². The van der Waals surface area contributed by atoms with Crippen molar-refractivity contribution in [2.45, 2.75) is 11.8 Å². The molecule has 110 valence electrons. The fourth-order valence-electron chi connectivity index (χ4n) is 1.81. The van der Waals surface area contributed by atoms with E-state index < -0.39 is 4.92 Å². The Morgan fingerprint density at radius 3 is 2.81 bits per heavy atom. The second kappa shape index (κ2) is 6.94. The minimum Gasteiger partial charge on any atom is -0.370 e. The number of rotatable bonds is 6. The van der Waals surface area contributed by atoms with Gasteiger partial charge in [0.25, 0.3) is 0 Å². The lowest BCUT2D eigenvalue weighted by Gasteiger charge is -2.09. The third-order valence-corrected chi connectivity index (χ3v) is 3.49. The van der Waals surface area contributed by atoms with Gasteiger partial charge in [-0.05, 0) is 37.4 Å². The number of hydrogen-bond acceptors (Lipinski definition) is 6. The molecule has 0 amide bonds. The van der Waals surface area contributed by atoms with Crippen molar-refractivity contribution in [3.8, 4) is 0 Å². The topological polar surface area (TPSA) is 80.1 Å². The molecule has 0 saturated carbocycles. The van der Waals surface area contributed by atoms with E-state index in [2.05, 4.69) is 15.6 Å². The fraction of sp³-hybridized carbons (Fsp3) is 0.214. The van der Waals surface area contributed by atoms with Gasteiger partial charge in [0.1, 0.15) is 5.82 Å². The van der Waals surface area contributed by atoms with Crippen LogP contribution in [0, 0.1) is 10.1 Å². The predicted octanol–water partition coefficient (Wildman–Crippen LogP) is 3.89. The Bertz CT molecular complexity index is 649. The molecule has 0 unspecified atom stereocenters. The Hall–Kier alpha value is -2.28. The molecule has 0 aliphatic rings. The second-order valence-corrected chi connectivity index (χ2v) is 5.09. The SMILES string of the molecule is CCNc1ccc([N+](=O)[O-])c(Nc2cccc(SC)c2)n1. The van der Waals surface area contributed by atoms with E-state index in [1.807, 2.05) is 37.4 Å². The van der Waals surface area contributed by atoms with E-state index in [-0.39, 0.29) is 11.5 Å². The van der Waals surface area contributed by atoms with Crippen molar-refractivity contribution in [2.24, 2.45) is 0 Å². The van der Waals surface area contributed by atoms with Crippen LogP contribution in [-0.4, -0.2) is 22.7 Å². The van der Waals surface area contributed by atoms with Gasteiger partial charge in [-0.25, -0.2) is 4.98 Å². The van der Waals surface area contributed by atoms with E-state index in [1.54, 1.807) is 17.8 Å². The maximum atomic E-state index is 11.1. The zero-order valence-electron chi connectivity index (χ0n) is 11.8. The number of thioether (sulfide) groups is 1. The number of anilines is 3. The number of nitro groups is 1. The van der Waals surface area contributed by atoms with Crippen LogP contribution in [0.5, 0.6) is 0 Å². The van der Waals surface area contributed by atoms with E-state index in [0.717, 1.165) is 10.6 Å². The highest BCUT2D eigenvalue weighted by Gasteiger charge is 2.16. The molecule has 21 heavy (non-hydrogen) atoms. The zero-order valence-corrected chi connectivity index (χ0v) is 12.6. The summed E-state index contributed by atoms with van der Waals surface area (Å²) in [6.07, 6.45) is 1.98. The Balaban J connectivity index is 2.35. The predicted molar refractivity (Wildman–Crippen MR) is 86.6 cm³/mol. The van der Waals surface area contributed by atoms with E-state index in [4.69, 9.17) is 0 Å². The molecular weight excluding hydrogens is 288 g/mol. The highest BCUT2D eigenvalue weighted by atomic mass is 32.2. The molecular formula is C14H16N4O2S. The molecule has 1 aromatic heterocycles. The van der Waals surface area contributed by atoms with Crippen LogP contribution in [0.3, 0.4) is 0 Å². The lowest BCUT2D eigenvalue weighted by molar-refractivity contribution is -0.384. The van der Waals surface area contributed by atoms with Crippen LogP contribution in [-0.2, 0) is 0 Å². The van der Waals surface area contributed by atoms with Gasteiger partial charge in [-0.2, -0.15) is 0 Å². The first-order valence-electron chi connectivity index (χ1n) is 6.44. The van der Waals surface area contributed by atoms with Gasteiger partial charge in [0.05, 0.1) is 4.92 Å². The molecule has 0 radical (unpaired) electrons. The molecule has 2 aromatic rings. The van der Waals surface area contributed by atoms with Crippen LogP contribution in [0.25, 0.3) is 0 Å². The normalized spacial score (nSPS) is 10.2. The Morgan fingerprint density at radius 2 is 2.14 bits per heavy atom. The summed E-state index contributed by atoms with van der Waals surface area (Å²) in [6.45, 7) is 2.64. The summed E-state index contributed by atoms with van der Waals surface area (Å²) >= 11 is 1.61. The molecule has 1 aromatic carbocycles. The average Bonchev–Trinajstić information content (AvgIpc) is 2.48. The Morgan fingerprint density at radius 1 is 1.33 bits per heavy atom. The summed E-state index contributed by atoms with van der Waals surface area (Å²) in [7, 11) is 0. The molecule has 0 saturated heterocycles. The first-order chi connectivity index (χ1) is 10.1. The zero-order chi connectivity index (χ0) is 15.2. The smallest absolute Gasteiger partial charge is 0.311 e. The molecule has 6 nitrogen and oxygen atoms in total. The molecule has 0 bridgehead atoms. The summed E-state index contributed by atoms with van der Waals surface area (Å²) in [5, 5.41) is 17.2. The lowest BCUT2D eigenvalue weighted by atomic mass is 10.3. The summed E-state index contributed by atoms with van der Waals surface area (Å²) in [6, 6.07) is 10.7. The van der Waals surface area contributed by atoms with E-state index in [9.17, 15) is 10.1 Å². The number of benzene rings is 1. The van der Waals surface area contributed by atoms with Crippen LogP contribution in [0.2, 0.25) is 0 Å². The minimum absolute atomic E-state index is 0.0498. The third kappa shape index (κ3) is 3.85. The highest BCUT2D eigenvalue weighted by Crippen LogP contribution is 2.28. The summed E-state index contributed by atoms with van der Waals surface area (Å²) in [5.74, 6) is 0.836. The standard InChI is InChI=1S/C14H16N4O2S/c1-3-15-13-8-7-12(18(19)20)14(17-13)16-10-5-4-6-11(9-10)21-2/h4-9H,3H2,1-2H3,(H2,15,16,17). The molecule has 0 spiro atoms. The summed E-state index contributed by atoms with van der Waals surface area (Å²) < 4.78 is 0. The van der Waals surface area contributed by atoms with Gasteiger partial charge in [-0.15, -0.1) is 11.8 Å². The number of nitrogens with one attached hydrogen (secondary N) is 2. The highest BCUT2D eigenvalue weighted by molar-refractivity contribution is 7.98. The average molecular weight is 304 g/mol. The van der Waals surface area contributed by atoms with Gasteiger partial charge in [-0.1, -0.05) is 6.07 Å². The van der Waals surface area contributed by atoms with Gasteiger partial charge >= 0.3 is 5.69 Å². The van der Waals surface area contributed by atoms with E-state index in [0.29, 0.717) is 12.4 Å². The fourth-order valence-corrected chi connectivity index (χ4v) is 2.27. The second-order valence-electron chi connectivity index (χ2n) is 4.21. The van der Waals surface area contributed by atoms with Gasteiger partial charge in [-0.3, -0.25) is 10.1 Å². The van der Waals surface area contributed by atoms with Crippen molar-refractivity contribution in [2.75, 3.05) is 23.4 Å². The minimum atomic E-state index is -0.441. The van der Waals surface area contributed by atoms with Crippen LogP contribution < -0.4 is 10.6 Å². The largest absolute Gasteiger partial charge is 0.370 e. The van der Waals surface area contributed by atoms with Crippen LogP contribution >= 0.6 is 11.8 Å². The first-order valence-corrected chi connectivity index (χ1v) is 7.67. The van der Waals surface area contributed by atoms with Crippen LogP contribution in [0.15, 0.2) is 41.3 Å². The Kier molecular flexibility index (Phi) is 4.99. The molecule has 0 atom stereocenters. The molecule has 1 heterocycles. The maximum Gasteiger partial charge on any atom is 0.311 e. The number of aromatic nitrogens is 1. The quantitative estimate of drug-likeness (QED) is 0.479. The van der Waals surface area contributed by atoms with E-state index in [1.165, 1.54) is 6.07 Å². The lowest BCUT2D eigenvalue weighted by Crippen LogP contribution is -2.04. The molecule has 0 aliphatic heterocycles. The third-order valence-electron chi connectivity index (χ3n) is 2.76. The van der Waals surface area contributed by atoms with Crippen LogP contribution in [0.1, 0.15) is 6.92 Å². The first kappa shape index (κ1) is 15.1. The van der Waals surface area contributed by atoms with Crippen molar-refractivity contribution in [1.29, 1.82) is 0 Å². The van der Waals surface area contributed by atoms with E-state index >= 15 is 0 Å². The molecule has 0 fully saturated rings. The van der Waals surface area contributed by atoms with Crippen molar-refractivity contribution >= 4 is 34.8 Å². The van der Waals surface area contributed by atoms with Crippen molar-refractivity contribution < 1.29 is 4.92 Å². The molecule has 0 aliphatic carbocycles. The van der Waals surface area contributed by atoms with Gasteiger partial charge in [0.15, 0.2) is 0 Å². The monoisotopic (exact) mass is 304 g/mol. The molecule has 7 heteroatoms. The Labute approximate surface area is 127 Å². The number of hydrogen-bond donors (Lipinski definition) is 2. The molecule has 2 N–H and O–H groups in total. The maximum absolute atomic E-state index is 11.1. The van der Waals surface area contributed by atoms with Gasteiger partial charge in [0, 0.05) is 23.2 Å². The summed E-state index contributed by atoms with van der Waals surface area (Å²) in [4.78, 5) is 16.0. The molecule has 2 rings (SSSR count). The summed E-state index contributed by atoms with van der Waals surface area (Å²) in [5.41, 5.74) is 0.720. The van der Waals surface area contributed by atoms with Crippen molar-refractivity contribution in [3.05, 3.63) is 46.5 Å². The van der Waals surface area contributed by atoms with Gasteiger partial charge < -0.3 is 10.6 Å². The number of nitrogens with zero attached hydrogens (tertiary/aromatic N) is 2. The van der Waals surface area contributed by atoms with Crippen molar-refractivity contribution in [3.63, 3.8) is 0 Å². The van der Waals surface area contributed by atoms with Crippen LogP contribution in [0.4, 0.5) is 23.0 Å².